The number of rotatable bonds is 2. The molecule has 3 N–H and O–H groups in total. The van der Waals surface area contributed by atoms with Crippen molar-refractivity contribution in [1.29, 1.82) is 0 Å². The van der Waals surface area contributed by atoms with Crippen LogP contribution in [0.1, 0.15) is 44.1 Å². The Morgan fingerprint density at radius 1 is 1.18 bits per heavy atom. The molecule has 1 aromatic rings. The molecular weight excluding hydrogens is 210 g/mol. The van der Waals surface area contributed by atoms with Crippen LogP contribution in [0, 0.1) is 23.2 Å². The van der Waals surface area contributed by atoms with Crippen LogP contribution in [-0.2, 0) is 6.42 Å². The number of aromatic nitrogens is 2. The van der Waals surface area contributed by atoms with Crippen molar-refractivity contribution in [2.75, 3.05) is 5.73 Å². The van der Waals surface area contributed by atoms with Crippen LogP contribution in [0.5, 0.6) is 0 Å². The van der Waals surface area contributed by atoms with E-state index in [0.717, 1.165) is 23.6 Å². The average Bonchev–Trinajstić information content (AvgIpc) is 2.61. The summed E-state index contributed by atoms with van der Waals surface area (Å²) in [5.74, 6) is 3.86. The minimum Gasteiger partial charge on any atom is -0.384 e. The molecule has 3 nitrogen and oxygen atoms in total. The van der Waals surface area contributed by atoms with Crippen LogP contribution in [-0.4, -0.2) is 10.2 Å². The van der Waals surface area contributed by atoms with E-state index >= 15 is 0 Å². The molecule has 0 amide bonds. The highest BCUT2D eigenvalue weighted by Crippen LogP contribution is 2.61. The second-order valence-corrected chi connectivity index (χ2v) is 6.90. The smallest absolute Gasteiger partial charge is 0.122 e. The maximum atomic E-state index is 5.95. The summed E-state index contributed by atoms with van der Waals surface area (Å²) in [6.07, 6.45) is 12.0. The first-order valence-electron chi connectivity index (χ1n) is 7.00. The molecule has 3 heteroatoms. The largest absolute Gasteiger partial charge is 0.384 e. The molecule has 92 valence electrons. The van der Waals surface area contributed by atoms with E-state index in [1.807, 2.05) is 6.20 Å². The Morgan fingerprint density at radius 3 is 2.24 bits per heavy atom. The number of anilines is 1. The topological polar surface area (TPSA) is 54.7 Å². The lowest BCUT2D eigenvalue weighted by Crippen LogP contribution is -2.47. The third-order valence-electron chi connectivity index (χ3n) is 5.48. The quantitative estimate of drug-likeness (QED) is 0.822. The van der Waals surface area contributed by atoms with Gasteiger partial charge in [-0.3, -0.25) is 5.10 Å². The van der Waals surface area contributed by atoms with Crippen molar-refractivity contribution in [3.8, 4) is 0 Å². The minimum absolute atomic E-state index is 0.576. The van der Waals surface area contributed by atoms with Gasteiger partial charge in [0.2, 0.25) is 0 Å². The molecule has 0 saturated heterocycles. The van der Waals surface area contributed by atoms with Gasteiger partial charge in [-0.1, -0.05) is 0 Å². The molecule has 0 atom stereocenters. The summed E-state index contributed by atoms with van der Waals surface area (Å²) < 4.78 is 0. The molecule has 5 rings (SSSR count). The van der Waals surface area contributed by atoms with Crippen molar-refractivity contribution in [2.24, 2.45) is 23.2 Å². The number of nitrogens with two attached hydrogens (primary N) is 1. The van der Waals surface area contributed by atoms with E-state index in [1.54, 1.807) is 0 Å². The number of hydrogen-bond acceptors (Lipinski definition) is 2. The lowest BCUT2D eigenvalue weighted by atomic mass is 9.48. The Labute approximate surface area is 102 Å². The van der Waals surface area contributed by atoms with Gasteiger partial charge < -0.3 is 5.73 Å². The third kappa shape index (κ3) is 1.51. The molecule has 1 aromatic heterocycles. The highest BCUT2D eigenvalue weighted by Gasteiger charge is 2.50. The van der Waals surface area contributed by atoms with E-state index in [1.165, 1.54) is 50.5 Å². The summed E-state index contributed by atoms with van der Waals surface area (Å²) in [6.45, 7) is 0. The van der Waals surface area contributed by atoms with E-state index in [0.29, 0.717) is 5.41 Å². The van der Waals surface area contributed by atoms with Crippen LogP contribution >= 0.6 is 0 Å². The predicted molar refractivity (Wildman–Crippen MR) is 67.3 cm³/mol. The van der Waals surface area contributed by atoms with Gasteiger partial charge in [-0.25, -0.2) is 0 Å². The lowest BCUT2D eigenvalue weighted by Gasteiger charge is -2.57. The zero-order valence-corrected chi connectivity index (χ0v) is 10.3. The molecule has 0 radical (unpaired) electrons. The van der Waals surface area contributed by atoms with E-state index in [9.17, 15) is 0 Å². The molecule has 17 heavy (non-hydrogen) atoms. The fourth-order valence-corrected chi connectivity index (χ4v) is 5.37. The summed E-state index contributed by atoms with van der Waals surface area (Å²) in [5, 5.41) is 6.95. The van der Waals surface area contributed by atoms with Crippen molar-refractivity contribution < 1.29 is 0 Å². The first kappa shape index (κ1) is 9.98. The Bertz CT molecular complexity index is 399. The van der Waals surface area contributed by atoms with Crippen LogP contribution < -0.4 is 5.73 Å². The summed E-state index contributed by atoms with van der Waals surface area (Å²) in [6, 6.07) is 0. The van der Waals surface area contributed by atoms with Crippen molar-refractivity contribution >= 4 is 5.82 Å². The maximum absolute atomic E-state index is 5.95. The molecular formula is C14H21N3. The van der Waals surface area contributed by atoms with E-state index in [2.05, 4.69) is 10.2 Å². The summed E-state index contributed by atoms with van der Waals surface area (Å²) >= 11 is 0. The zero-order chi connectivity index (χ0) is 11.5. The molecule has 4 aliphatic carbocycles. The molecule has 0 aliphatic heterocycles. The van der Waals surface area contributed by atoms with Gasteiger partial charge in [0.15, 0.2) is 0 Å². The van der Waals surface area contributed by atoms with Crippen LogP contribution in [0.25, 0.3) is 0 Å². The fourth-order valence-electron chi connectivity index (χ4n) is 5.37. The number of aromatic amines is 1. The first-order valence-corrected chi connectivity index (χ1v) is 7.00. The van der Waals surface area contributed by atoms with Crippen LogP contribution in [0.2, 0.25) is 0 Å². The van der Waals surface area contributed by atoms with Gasteiger partial charge in [0.05, 0.1) is 6.20 Å². The predicted octanol–water partition coefficient (Wildman–Crippen LogP) is 2.75. The Hall–Kier alpha value is -0.990. The van der Waals surface area contributed by atoms with Crippen molar-refractivity contribution in [1.82, 2.24) is 10.2 Å². The van der Waals surface area contributed by atoms with Gasteiger partial charge >= 0.3 is 0 Å². The van der Waals surface area contributed by atoms with E-state index < -0.39 is 0 Å². The highest BCUT2D eigenvalue weighted by molar-refractivity contribution is 5.37. The van der Waals surface area contributed by atoms with Gasteiger partial charge in [-0.15, -0.1) is 0 Å². The molecule has 1 heterocycles. The maximum Gasteiger partial charge on any atom is 0.122 e. The molecule has 4 fully saturated rings. The van der Waals surface area contributed by atoms with Crippen molar-refractivity contribution in [3.63, 3.8) is 0 Å². The molecule has 0 unspecified atom stereocenters. The molecule has 0 aromatic carbocycles. The Morgan fingerprint density at radius 2 is 1.76 bits per heavy atom. The van der Waals surface area contributed by atoms with Gasteiger partial charge in [0.25, 0.3) is 0 Å². The van der Waals surface area contributed by atoms with Gasteiger partial charge in [-0.2, -0.15) is 5.10 Å². The number of H-pyrrole nitrogens is 1. The third-order valence-corrected chi connectivity index (χ3v) is 5.48. The van der Waals surface area contributed by atoms with Crippen LogP contribution in [0.3, 0.4) is 0 Å². The number of nitrogens with one attached hydrogen (secondary N) is 1. The Balaban J connectivity index is 1.62. The standard InChI is InChI=1S/C14H21N3/c15-13-12(8-16-17-13)7-14-4-9-1-10(5-14)3-11(2-9)6-14/h8-11H,1-7H2,(H3,15,16,17). The Kier molecular flexibility index (Phi) is 1.92. The molecule has 4 aliphatic rings. The number of hydrogen-bond donors (Lipinski definition) is 2. The number of nitrogens with zero attached hydrogens (tertiary/aromatic N) is 1. The second kappa shape index (κ2) is 3.27. The normalized spacial score (nSPS) is 43.2. The summed E-state index contributed by atoms with van der Waals surface area (Å²) in [5.41, 5.74) is 7.78. The highest BCUT2D eigenvalue weighted by atomic mass is 15.1. The van der Waals surface area contributed by atoms with Gasteiger partial charge in [0, 0.05) is 5.56 Å². The fraction of sp³-hybridized carbons (Fsp3) is 0.786. The monoisotopic (exact) mass is 231 g/mol. The number of nitrogen functional groups attached to an aromatic ring is 1. The van der Waals surface area contributed by atoms with Crippen LogP contribution in [0.15, 0.2) is 6.20 Å². The van der Waals surface area contributed by atoms with E-state index in [-0.39, 0.29) is 0 Å². The SMILES string of the molecule is Nc1[nH]ncc1CC12CC3CC(CC(C3)C1)C2. The molecule has 4 bridgehead atoms. The molecule has 4 saturated carbocycles. The van der Waals surface area contributed by atoms with Gasteiger partial charge in [0.1, 0.15) is 5.82 Å². The first-order chi connectivity index (χ1) is 8.22. The zero-order valence-electron chi connectivity index (χ0n) is 10.3. The molecule has 0 spiro atoms. The summed E-state index contributed by atoms with van der Waals surface area (Å²) in [4.78, 5) is 0. The van der Waals surface area contributed by atoms with Crippen LogP contribution in [0.4, 0.5) is 5.82 Å². The lowest BCUT2D eigenvalue weighted by molar-refractivity contribution is -0.0521. The van der Waals surface area contributed by atoms with Crippen molar-refractivity contribution in [3.05, 3.63) is 11.8 Å². The summed E-state index contributed by atoms with van der Waals surface area (Å²) in [7, 11) is 0. The minimum atomic E-state index is 0.576. The van der Waals surface area contributed by atoms with E-state index in [4.69, 9.17) is 5.73 Å². The second-order valence-electron chi connectivity index (χ2n) is 6.90. The van der Waals surface area contributed by atoms with Gasteiger partial charge in [-0.05, 0) is 68.1 Å². The van der Waals surface area contributed by atoms with Crippen molar-refractivity contribution in [2.45, 2.75) is 44.9 Å². The average molecular weight is 231 g/mol.